The van der Waals surface area contributed by atoms with Crippen LogP contribution in [0.3, 0.4) is 0 Å². The molecule has 8 heteroatoms. The van der Waals surface area contributed by atoms with Gasteiger partial charge in [-0.1, -0.05) is 11.6 Å². The highest BCUT2D eigenvalue weighted by Gasteiger charge is 2.22. The number of aryl methyl sites for hydroxylation is 1. The van der Waals surface area contributed by atoms with Crippen molar-refractivity contribution in [3.8, 4) is 5.75 Å². The van der Waals surface area contributed by atoms with Crippen molar-refractivity contribution in [3.63, 3.8) is 0 Å². The Morgan fingerprint density at radius 1 is 1.30 bits per heavy atom. The van der Waals surface area contributed by atoms with Crippen molar-refractivity contribution in [3.05, 3.63) is 47.2 Å². The Bertz CT molecular complexity index is 1010. The van der Waals surface area contributed by atoms with E-state index in [0.29, 0.717) is 21.8 Å². The van der Waals surface area contributed by atoms with Crippen LogP contribution in [0.2, 0.25) is 5.02 Å². The molecule has 3 rings (SSSR count). The lowest BCUT2D eigenvalue weighted by Gasteiger charge is -2.10. The maximum atomic E-state index is 12.9. The van der Waals surface area contributed by atoms with Gasteiger partial charge in [-0.15, -0.1) is 0 Å². The third kappa shape index (κ3) is 2.51. The molecule has 0 aliphatic carbocycles. The number of fused-ring (bicyclic) bond motifs is 1. The van der Waals surface area contributed by atoms with Gasteiger partial charge in [0.05, 0.1) is 22.7 Å². The van der Waals surface area contributed by atoms with E-state index in [4.69, 9.17) is 22.1 Å². The van der Waals surface area contributed by atoms with Gasteiger partial charge < -0.3 is 10.5 Å². The van der Waals surface area contributed by atoms with Gasteiger partial charge in [0.25, 0.3) is 10.0 Å². The van der Waals surface area contributed by atoms with E-state index >= 15 is 0 Å². The molecule has 0 unspecified atom stereocenters. The van der Waals surface area contributed by atoms with Crippen molar-refractivity contribution in [2.75, 3.05) is 12.8 Å². The van der Waals surface area contributed by atoms with Gasteiger partial charge in [-0.25, -0.2) is 17.4 Å². The van der Waals surface area contributed by atoms with Crippen LogP contribution in [0.25, 0.3) is 11.0 Å². The minimum Gasteiger partial charge on any atom is -0.495 e. The standard InChI is InChI=1S/C15H14ClN3O3S/c1-9-8-19(15-12(9)5-10(16)7-18-15)23(20,21)11-3-4-14(22-2)13(17)6-11/h3-8H,17H2,1-2H3. The first kappa shape index (κ1) is 15.6. The second-order valence-corrected chi connectivity index (χ2v) is 7.29. The lowest BCUT2D eigenvalue weighted by molar-refractivity contribution is 0.416. The molecule has 0 aliphatic heterocycles. The maximum Gasteiger partial charge on any atom is 0.269 e. The molecule has 0 atom stereocenters. The summed E-state index contributed by atoms with van der Waals surface area (Å²) in [5.41, 5.74) is 7.15. The molecule has 0 radical (unpaired) electrons. The van der Waals surface area contributed by atoms with Gasteiger partial charge in [-0.2, -0.15) is 0 Å². The average molecular weight is 352 g/mol. The Kier molecular flexibility index (Phi) is 3.69. The normalized spacial score (nSPS) is 11.8. The minimum absolute atomic E-state index is 0.0597. The number of rotatable bonds is 3. The minimum atomic E-state index is -3.83. The molecule has 0 bridgehead atoms. The Hall–Kier alpha value is -2.25. The maximum absolute atomic E-state index is 12.9. The average Bonchev–Trinajstić information content (AvgIpc) is 2.84. The Balaban J connectivity index is 2.23. The number of hydrogen-bond donors (Lipinski definition) is 1. The summed E-state index contributed by atoms with van der Waals surface area (Å²) in [6.07, 6.45) is 2.93. The van der Waals surface area contributed by atoms with Crippen LogP contribution in [-0.4, -0.2) is 24.5 Å². The van der Waals surface area contributed by atoms with Gasteiger partial charge in [-0.05, 0) is 36.8 Å². The van der Waals surface area contributed by atoms with Crippen molar-refractivity contribution in [1.29, 1.82) is 0 Å². The van der Waals surface area contributed by atoms with E-state index < -0.39 is 10.0 Å². The van der Waals surface area contributed by atoms with Crippen molar-refractivity contribution in [2.24, 2.45) is 0 Å². The predicted octanol–water partition coefficient (Wildman–Crippen LogP) is 2.83. The van der Waals surface area contributed by atoms with Crippen LogP contribution in [-0.2, 0) is 10.0 Å². The van der Waals surface area contributed by atoms with Crippen LogP contribution < -0.4 is 10.5 Å². The van der Waals surface area contributed by atoms with E-state index in [2.05, 4.69) is 4.98 Å². The number of methoxy groups -OCH3 is 1. The fourth-order valence-corrected chi connectivity index (χ4v) is 3.95. The third-order valence-electron chi connectivity index (χ3n) is 3.54. The zero-order chi connectivity index (χ0) is 16.8. The number of nitrogens with two attached hydrogens (primary N) is 1. The molecule has 0 aliphatic rings. The summed E-state index contributed by atoms with van der Waals surface area (Å²) >= 11 is 5.93. The van der Waals surface area contributed by atoms with E-state index in [1.54, 1.807) is 13.0 Å². The molecule has 0 amide bonds. The number of halogens is 1. The van der Waals surface area contributed by atoms with Gasteiger partial charge in [0.2, 0.25) is 0 Å². The van der Waals surface area contributed by atoms with Crippen molar-refractivity contribution in [2.45, 2.75) is 11.8 Å². The molecule has 23 heavy (non-hydrogen) atoms. The smallest absolute Gasteiger partial charge is 0.269 e. The Morgan fingerprint density at radius 3 is 2.70 bits per heavy atom. The number of hydrogen-bond acceptors (Lipinski definition) is 5. The van der Waals surface area contributed by atoms with E-state index in [9.17, 15) is 8.42 Å². The molecule has 2 N–H and O–H groups in total. The van der Waals surface area contributed by atoms with Crippen LogP contribution >= 0.6 is 11.6 Å². The lowest BCUT2D eigenvalue weighted by Crippen LogP contribution is -2.13. The molecular formula is C15H14ClN3O3S. The largest absolute Gasteiger partial charge is 0.495 e. The second kappa shape index (κ2) is 5.43. The van der Waals surface area contributed by atoms with Gasteiger partial charge >= 0.3 is 0 Å². The topological polar surface area (TPSA) is 87.2 Å². The van der Waals surface area contributed by atoms with Crippen LogP contribution in [0.5, 0.6) is 5.75 Å². The van der Waals surface area contributed by atoms with Gasteiger partial charge in [0, 0.05) is 17.8 Å². The first-order chi connectivity index (χ1) is 10.8. The van der Waals surface area contributed by atoms with Crippen LogP contribution in [0.15, 0.2) is 41.6 Å². The molecule has 2 aromatic heterocycles. The van der Waals surface area contributed by atoms with Crippen LogP contribution in [0.4, 0.5) is 5.69 Å². The Morgan fingerprint density at radius 2 is 2.04 bits per heavy atom. The number of nitrogens with zero attached hydrogens (tertiary/aromatic N) is 2. The van der Waals surface area contributed by atoms with E-state index in [1.165, 1.54) is 37.7 Å². The fraction of sp³-hybridized carbons (Fsp3) is 0.133. The van der Waals surface area contributed by atoms with Crippen molar-refractivity contribution < 1.29 is 13.2 Å². The number of pyridine rings is 1. The highest BCUT2D eigenvalue weighted by molar-refractivity contribution is 7.90. The summed E-state index contributed by atoms with van der Waals surface area (Å²) in [5, 5.41) is 1.13. The number of ether oxygens (including phenoxy) is 1. The SMILES string of the molecule is COc1ccc(S(=O)(=O)n2cc(C)c3cc(Cl)cnc32)cc1N. The molecule has 6 nitrogen and oxygen atoms in total. The number of nitrogen functional groups attached to an aromatic ring is 1. The van der Waals surface area contributed by atoms with Gasteiger partial charge in [-0.3, -0.25) is 0 Å². The molecule has 120 valence electrons. The van der Waals surface area contributed by atoms with Gasteiger partial charge in [0.15, 0.2) is 5.65 Å². The first-order valence-electron chi connectivity index (χ1n) is 6.67. The monoisotopic (exact) mass is 351 g/mol. The molecular weight excluding hydrogens is 338 g/mol. The first-order valence-corrected chi connectivity index (χ1v) is 8.48. The van der Waals surface area contributed by atoms with E-state index in [1.807, 2.05) is 0 Å². The molecule has 3 aromatic rings. The zero-order valence-corrected chi connectivity index (χ0v) is 14.0. The molecule has 0 spiro atoms. The summed E-state index contributed by atoms with van der Waals surface area (Å²) in [4.78, 5) is 4.21. The van der Waals surface area contributed by atoms with E-state index in [0.717, 1.165) is 9.54 Å². The van der Waals surface area contributed by atoms with Crippen molar-refractivity contribution in [1.82, 2.24) is 8.96 Å². The Labute approximate surface area is 138 Å². The summed E-state index contributed by atoms with van der Waals surface area (Å²) in [5.74, 6) is 0.419. The molecule has 1 aromatic carbocycles. The quantitative estimate of drug-likeness (QED) is 0.733. The lowest BCUT2D eigenvalue weighted by atomic mass is 10.2. The number of aromatic nitrogens is 2. The highest BCUT2D eigenvalue weighted by Crippen LogP contribution is 2.29. The van der Waals surface area contributed by atoms with E-state index in [-0.39, 0.29) is 10.6 Å². The molecule has 0 saturated heterocycles. The second-order valence-electron chi connectivity index (χ2n) is 5.04. The summed E-state index contributed by atoms with van der Waals surface area (Å²) < 4.78 is 32.0. The highest BCUT2D eigenvalue weighted by atomic mass is 35.5. The van der Waals surface area contributed by atoms with Gasteiger partial charge in [0.1, 0.15) is 5.75 Å². The predicted molar refractivity (Wildman–Crippen MR) is 89.5 cm³/mol. The van der Waals surface area contributed by atoms with Crippen LogP contribution in [0, 0.1) is 6.92 Å². The molecule has 0 saturated carbocycles. The number of benzene rings is 1. The van der Waals surface area contributed by atoms with Crippen molar-refractivity contribution >= 4 is 38.3 Å². The third-order valence-corrected chi connectivity index (χ3v) is 5.39. The fourth-order valence-electron chi connectivity index (χ4n) is 2.37. The summed E-state index contributed by atoms with van der Waals surface area (Å²) in [6, 6.07) is 6.02. The number of anilines is 1. The van der Waals surface area contributed by atoms with Crippen LogP contribution in [0.1, 0.15) is 5.56 Å². The zero-order valence-electron chi connectivity index (χ0n) is 12.4. The summed E-state index contributed by atoms with van der Waals surface area (Å²) in [6.45, 7) is 1.80. The molecule has 0 fully saturated rings. The molecule has 2 heterocycles. The summed E-state index contributed by atoms with van der Waals surface area (Å²) in [7, 11) is -2.36.